The molecule has 1 amide bonds. The highest BCUT2D eigenvalue weighted by Gasteiger charge is 2.23. The number of pyridine rings is 3. The molecular formula is C24H25N7O2. The number of aromatic nitrogens is 5. The van der Waals surface area contributed by atoms with Crippen LogP contribution in [0.4, 0.5) is 11.6 Å². The van der Waals surface area contributed by atoms with Crippen molar-refractivity contribution >= 4 is 28.3 Å². The molecule has 5 heterocycles. The Morgan fingerprint density at radius 2 is 1.82 bits per heavy atom. The van der Waals surface area contributed by atoms with Crippen molar-refractivity contribution < 1.29 is 9.53 Å². The molecule has 1 saturated heterocycles. The second-order valence-electron chi connectivity index (χ2n) is 8.41. The van der Waals surface area contributed by atoms with Crippen LogP contribution in [-0.4, -0.2) is 55.9 Å². The van der Waals surface area contributed by atoms with E-state index < -0.39 is 0 Å². The lowest BCUT2D eigenvalue weighted by Crippen LogP contribution is -2.45. The number of nitrogens with zero attached hydrogens (tertiary/aromatic N) is 6. The van der Waals surface area contributed by atoms with E-state index in [1.165, 1.54) is 0 Å². The molecule has 2 atom stereocenters. The maximum absolute atomic E-state index is 13.0. The molecular weight excluding hydrogens is 418 g/mol. The van der Waals surface area contributed by atoms with Crippen molar-refractivity contribution in [3.8, 4) is 11.3 Å². The Hall–Kier alpha value is -3.85. The molecule has 4 aromatic heterocycles. The Labute approximate surface area is 191 Å². The number of hydrogen-bond donors (Lipinski definition) is 1. The predicted molar refractivity (Wildman–Crippen MR) is 126 cm³/mol. The van der Waals surface area contributed by atoms with Gasteiger partial charge in [0.15, 0.2) is 0 Å². The molecule has 0 unspecified atom stereocenters. The lowest BCUT2D eigenvalue weighted by Gasteiger charge is -2.36. The average molecular weight is 444 g/mol. The summed E-state index contributed by atoms with van der Waals surface area (Å²) >= 11 is 0. The summed E-state index contributed by atoms with van der Waals surface area (Å²) in [6.45, 7) is 5.56. The van der Waals surface area contributed by atoms with Gasteiger partial charge in [0.05, 0.1) is 24.1 Å². The van der Waals surface area contributed by atoms with Crippen LogP contribution < -0.4 is 10.2 Å². The van der Waals surface area contributed by atoms with Gasteiger partial charge in [-0.1, -0.05) is 0 Å². The molecule has 1 fully saturated rings. The summed E-state index contributed by atoms with van der Waals surface area (Å²) < 4.78 is 7.54. The number of aryl methyl sites for hydroxylation is 1. The first-order chi connectivity index (χ1) is 15.9. The normalized spacial score (nSPS) is 18.5. The van der Waals surface area contributed by atoms with Gasteiger partial charge in [-0.2, -0.15) is 5.10 Å². The van der Waals surface area contributed by atoms with Gasteiger partial charge < -0.3 is 15.0 Å². The van der Waals surface area contributed by atoms with Gasteiger partial charge >= 0.3 is 0 Å². The number of amides is 1. The number of carbonyl (C=O) groups is 1. The molecule has 0 radical (unpaired) electrons. The molecule has 0 aromatic carbocycles. The maximum atomic E-state index is 13.0. The van der Waals surface area contributed by atoms with E-state index in [9.17, 15) is 4.79 Å². The Bertz CT molecular complexity index is 1310. The number of ether oxygens (including phenoxy) is 1. The van der Waals surface area contributed by atoms with Crippen molar-refractivity contribution in [2.75, 3.05) is 23.3 Å². The van der Waals surface area contributed by atoms with Gasteiger partial charge in [0.1, 0.15) is 11.6 Å². The summed E-state index contributed by atoms with van der Waals surface area (Å²) in [7, 11) is 1.87. The van der Waals surface area contributed by atoms with Gasteiger partial charge in [0, 0.05) is 61.4 Å². The molecule has 33 heavy (non-hydrogen) atoms. The molecule has 4 aromatic rings. The Kier molecular flexibility index (Phi) is 5.47. The number of fused-ring (bicyclic) bond motifs is 1. The fourth-order valence-corrected chi connectivity index (χ4v) is 4.10. The topological polar surface area (TPSA) is 98.1 Å². The first kappa shape index (κ1) is 21.0. The summed E-state index contributed by atoms with van der Waals surface area (Å²) in [5, 5.41) is 8.93. The smallest absolute Gasteiger partial charge is 0.257 e. The lowest BCUT2D eigenvalue weighted by molar-refractivity contribution is -0.00545. The third-order valence-corrected chi connectivity index (χ3v) is 5.60. The minimum atomic E-state index is -0.235. The predicted octanol–water partition coefficient (Wildman–Crippen LogP) is 3.29. The first-order valence-electron chi connectivity index (χ1n) is 10.9. The van der Waals surface area contributed by atoms with Crippen LogP contribution in [0, 0.1) is 0 Å². The van der Waals surface area contributed by atoms with Crippen LogP contribution in [0.2, 0.25) is 0 Å². The summed E-state index contributed by atoms with van der Waals surface area (Å²) in [6, 6.07) is 7.33. The maximum Gasteiger partial charge on any atom is 0.257 e. The Balaban J connectivity index is 1.36. The van der Waals surface area contributed by atoms with E-state index in [0.29, 0.717) is 11.4 Å². The van der Waals surface area contributed by atoms with Crippen molar-refractivity contribution in [3.63, 3.8) is 0 Å². The quantitative estimate of drug-likeness (QED) is 0.517. The van der Waals surface area contributed by atoms with Crippen LogP contribution >= 0.6 is 0 Å². The van der Waals surface area contributed by atoms with Crippen LogP contribution in [0.5, 0.6) is 0 Å². The Morgan fingerprint density at radius 3 is 2.58 bits per heavy atom. The van der Waals surface area contributed by atoms with Crippen LogP contribution in [0.1, 0.15) is 24.2 Å². The van der Waals surface area contributed by atoms with E-state index in [0.717, 1.165) is 40.9 Å². The monoisotopic (exact) mass is 443 g/mol. The van der Waals surface area contributed by atoms with E-state index in [4.69, 9.17) is 4.74 Å². The van der Waals surface area contributed by atoms with E-state index in [1.54, 1.807) is 35.5 Å². The largest absolute Gasteiger partial charge is 0.372 e. The van der Waals surface area contributed by atoms with Gasteiger partial charge in [0.25, 0.3) is 5.91 Å². The Morgan fingerprint density at radius 1 is 1.03 bits per heavy atom. The zero-order valence-corrected chi connectivity index (χ0v) is 18.8. The minimum Gasteiger partial charge on any atom is -0.372 e. The average Bonchev–Trinajstić information content (AvgIpc) is 3.24. The zero-order valence-electron chi connectivity index (χ0n) is 18.8. The summed E-state index contributed by atoms with van der Waals surface area (Å²) in [4.78, 5) is 28.4. The van der Waals surface area contributed by atoms with Crippen LogP contribution in [0.25, 0.3) is 22.0 Å². The number of rotatable bonds is 4. The zero-order chi connectivity index (χ0) is 22.9. The number of nitrogens with one attached hydrogen (secondary N) is 1. The highest BCUT2D eigenvalue weighted by atomic mass is 16.5. The molecule has 1 aliphatic rings. The van der Waals surface area contributed by atoms with Crippen LogP contribution in [0.15, 0.2) is 55.2 Å². The van der Waals surface area contributed by atoms with Gasteiger partial charge in [-0.05, 0) is 43.5 Å². The molecule has 1 aliphatic heterocycles. The second-order valence-corrected chi connectivity index (χ2v) is 8.41. The van der Waals surface area contributed by atoms with Gasteiger partial charge in [0.2, 0.25) is 0 Å². The molecule has 1 N–H and O–H groups in total. The van der Waals surface area contributed by atoms with Crippen molar-refractivity contribution in [3.05, 3.63) is 60.8 Å². The number of hydrogen-bond acceptors (Lipinski definition) is 7. The third kappa shape index (κ3) is 4.54. The highest BCUT2D eigenvalue weighted by Crippen LogP contribution is 2.24. The lowest BCUT2D eigenvalue weighted by atomic mass is 10.1. The summed E-state index contributed by atoms with van der Waals surface area (Å²) in [5.41, 5.74) is 2.27. The summed E-state index contributed by atoms with van der Waals surface area (Å²) in [5.74, 6) is 1.01. The van der Waals surface area contributed by atoms with Crippen molar-refractivity contribution in [2.24, 2.45) is 7.05 Å². The minimum absolute atomic E-state index is 0.112. The van der Waals surface area contributed by atoms with Gasteiger partial charge in [-0.25, -0.2) is 9.97 Å². The number of anilines is 2. The van der Waals surface area contributed by atoms with E-state index >= 15 is 0 Å². The molecule has 0 saturated carbocycles. The molecule has 0 bridgehead atoms. The number of carbonyl (C=O) groups excluding carboxylic acids is 1. The molecule has 5 rings (SSSR count). The van der Waals surface area contributed by atoms with Crippen molar-refractivity contribution in [2.45, 2.75) is 26.1 Å². The molecule has 0 aliphatic carbocycles. The van der Waals surface area contributed by atoms with Crippen LogP contribution in [-0.2, 0) is 11.8 Å². The van der Waals surface area contributed by atoms with Crippen molar-refractivity contribution in [1.82, 2.24) is 24.7 Å². The van der Waals surface area contributed by atoms with E-state index in [-0.39, 0.29) is 18.1 Å². The van der Waals surface area contributed by atoms with Crippen LogP contribution in [0.3, 0.4) is 0 Å². The summed E-state index contributed by atoms with van der Waals surface area (Å²) in [6.07, 6.45) is 9.05. The second kappa shape index (κ2) is 8.59. The van der Waals surface area contributed by atoms with Crippen molar-refractivity contribution in [1.29, 1.82) is 0 Å². The fraction of sp³-hybridized carbons (Fsp3) is 0.292. The molecule has 9 nitrogen and oxygen atoms in total. The standard InChI is InChI=1S/C24H25N7O2/c1-15-12-31(13-16(2)33-15)23-8-17(4-5-25-23)24(32)29-22-7-18-6-21(20-11-28-30(3)14-20)26-9-19(18)10-27-22/h4-11,14-16H,12-13H2,1-3H3,(H,27,29,32)/t15-,16+. The van der Waals surface area contributed by atoms with Gasteiger partial charge in [-0.3, -0.25) is 14.5 Å². The number of morpholine rings is 1. The van der Waals surface area contributed by atoms with E-state index in [2.05, 4.69) is 30.3 Å². The highest BCUT2D eigenvalue weighted by molar-refractivity contribution is 6.05. The first-order valence-corrected chi connectivity index (χ1v) is 10.9. The molecule has 9 heteroatoms. The van der Waals surface area contributed by atoms with E-state index in [1.807, 2.05) is 45.3 Å². The van der Waals surface area contributed by atoms with Gasteiger partial charge in [-0.15, -0.1) is 0 Å². The SMILES string of the molecule is C[C@@H]1CN(c2cc(C(=O)Nc3cc4cc(-c5cnn(C)c5)ncc4cn3)ccn2)C[C@H](C)O1. The fourth-order valence-electron chi connectivity index (χ4n) is 4.10. The molecule has 168 valence electrons. The molecule has 0 spiro atoms. The third-order valence-electron chi connectivity index (χ3n) is 5.60.